The van der Waals surface area contributed by atoms with Gasteiger partial charge in [-0.05, 0) is 31.1 Å². The van der Waals surface area contributed by atoms with Gasteiger partial charge in [0.25, 0.3) is 0 Å². The van der Waals surface area contributed by atoms with Crippen molar-refractivity contribution in [2.24, 2.45) is 23.0 Å². The first-order chi connectivity index (χ1) is 7.47. The van der Waals surface area contributed by atoms with Crippen LogP contribution >= 0.6 is 12.2 Å². The molecule has 0 aromatic carbocycles. The number of thiocarbonyl (C=S) groups is 1. The number of piperidine rings is 1. The lowest BCUT2D eigenvalue weighted by Crippen LogP contribution is -2.48. The molecule has 2 rings (SSSR count). The largest absolute Gasteiger partial charge is 0.392 e. The molecule has 2 unspecified atom stereocenters. The standard InChI is InChI=1S/C12H20N2OS/c1-8-3-6-14(7-9(8)2)11(15)12(4-5-12)10(13)16/h8-9H,3-7H2,1-2H3,(H2,13,16). The number of hydrogen-bond donors (Lipinski definition) is 1. The summed E-state index contributed by atoms with van der Waals surface area (Å²) < 4.78 is 0. The number of hydrogen-bond acceptors (Lipinski definition) is 2. The first-order valence-corrected chi connectivity index (χ1v) is 6.47. The van der Waals surface area contributed by atoms with Crippen molar-refractivity contribution in [3.05, 3.63) is 0 Å². The molecular weight excluding hydrogens is 220 g/mol. The smallest absolute Gasteiger partial charge is 0.235 e. The van der Waals surface area contributed by atoms with Crippen molar-refractivity contribution in [1.82, 2.24) is 4.90 Å². The summed E-state index contributed by atoms with van der Waals surface area (Å²) in [5.74, 6) is 1.47. The molecule has 1 amide bonds. The summed E-state index contributed by atoms with van der Waals surface area (Å²) in [5.41, 5.74) is 5.22. The zero-order valence-corrected chi connectivity index (χ0v) is 10.8. The topological polar surface area (TPSA) is 46.3 Å². The van der Waals surface area contributed by atoms with Gasteiger partial charge in [0, 0.05) is 13.1 Å². The number of amides is 1. The highest BCUT2D eigenvalue weighted by atomic mass is 32.1. The Labute approximate surface area is 102 Å². The van der Waals surface area contributed by atoms with E-state index < -0.39 is 5.41 Å². The highest BCUT2D eigenvalue weighted by molar-refractivity contribution is 7.80. The Hall–Kier alpha value is -0.640. The molecule has 3 nitrogen and oxygen atoms in total. The summed E-state index contributed by atoms with van der Waals surface area (Å²) in [4.78, 5) is 14.7. The van der Waals surface area contributed by atoms with Crippen molar-refractivity contribution < 1.29 is 4.79 Å². The number of rotatable bonds is 2. The van der Waals surface area contributed by atoms with Gasteiger partial charge in [-0.15, -0.1) is 0 Å². The summed E-state index contributed by atoms with van der Waals surface area (Å²) >= 11 is 5.02. The van der Waals surface area contributed by atoms with Crippen LogP contribution in [0, 0.1) is 17.3 Å². The van der Waals surface area contributed by atoms with Crippen LogP contribution in [0.1, 0.15) is 33.1 Å². The average Bonchev–Trinajstić information content (AvgIpc) is 3.02. The minimum Gasteiger partial charge on any atom is -0.392 e. The van der Waals surface area contributed by atoms with Crippen molar-refractivity contribution in [3.63, 3.8) is 0 Å². The maximum Gasteiger partial charge on any atom is 0.235 e. The predicted molar refractivity (Wildman–Crippen MR) is 68.0 cm³/mol. The molecule has 2 atom stereocenters. The Morgan fingerprint density at radius 2 is 2.00 bits per heavy atom. The molecule has 2 fully saturated rings. The predicted octanol–water partition coefficient (Wildman–Crippen LogP) is 1.56. The SMILES string of the molecule is CC1CCN(C(=O)C2(C(N)=S)CC2)CC1C. The average molecular weight is 240 g/mol. The lowest BCUT2D eigenvalue weighted by Gasteiger charge is -2.37. The quantitative estimate of drug-likeness (QED) is 0.745. The molecular formula is C12H20N2OS. The van der Waals surface area contributed by atoms with Gasteiger partial charge in [0.2, 0.25) is 5.91 Å². The molecule has 4 heteroatoms. The Morgan fingerprint density at radius 3 is 2.44 bits per heavy atom. The van der Waals surface area contributed by atoms with Gasteiger partial charge in [-0.3, -0.25) is 4.79 Å². The van der Waals surface area contributed by atoms with Crippen LogP contribution in [0.15, 0.2) is 0 Å². The van der Waals surface area contributed by atoms with E-state index in [2.05, 4.69) is 13.8 Å². The normalized spacial score (nSPS) is 32.2. The molecule has 2 N–H and O–H groups in total. The second-order valence-corrected chi connectivity index (χ2v) is 5.88. The third-order valence-electron chi connectivity index (χ3n) is 4.25. The maximum absolute atomic E-state index is 12.3. The third kappa shape index (κ3) is 1.83. The van der Waals surface area contributed by atoms with Crippen LogP contribution in [0.3, 0.4) is 0 Å². The van der Waals surface area contributed by atoms with E-state index in [4.69, 9.17) is 18.0 Å². The lowest BCUT2D eigenvalue weighted by molar-refractivity contribution is -0.136. The van der Waals surface area contributed by atoms with Crippen molar-refractivity contribution >= 4 is 23.1 Å². The molecule has 1 heterocycles. The number of nitrogens with zero attached hydrogens (tertiary/aromatic N) is 1. The van der Waals surface area contributed by atoms with Crippen molar-refractivity contribution in [3.8, 4) is 0 Å². The Balaban J connectivity index is 2.04. The molecule has 1 saturated carbocycles. The van der Waals surface area contributed by atoms with Gasteiger partial charge in [0.05, 0.1) is 10.4 Å². The van der Waals surface area contributed by atoms with Gasteiger partial charge in [-0.2, -0.15) is 0 Å². The molecule has 90 valence electrons. The maximum atomic E-state index is 12.3. The van der Waals surface area contributed by atoms with Gasteiger partial charge < -0.3 is 10.6 Å². The second-order valence-electron chi connectivity index (χ2n) is 5.44. The third-order valence-corrected chi connectivity index (χ3v) is 4.64. The minimum absolute atomic E-state index is 0.179. The fraction of sp³-hybridized carbons (Fsp3) is 0.833. The molecule has 0 bridgehead atoms. The van der Waals surface area contributed by atoms with Gasteiger partial charge in [0.1, 0.15) is 0 Å². The molecule has 0 spiro atoms. The summed E-state index contributed by atoms with van der Waals surface area (Å²) in [6.45, 7) is 6.20. The number of carbonyl (C=O) groups is 1. The zero-order valence-electron chi connectivity index (χ0n) is 10.0. The van der Waals surface area contributed by atoms with E-state index in [0.29, 0.717) is 16.8 Å². The van der Waals surface area contributed by atoms with E-state index in [1.807, 2.05) is 4.90 Å². The molecule has 0 aromatic heterocycles. The van der Waals surface area contributed by atoms with Crippen LogP contribution in [0.2, 0.25) is 0 Å². The summed E-state index contributed by atoms with van der Waals surface area (Å²) in [7, 11) is 0. The van der Waals surface area contributed by atoms with Crippen molar-refractivity contribution in [1.29, 1.82) is 0 Å². The first-order valence-electron chi connectivity index (χ1n) is 6.06. The van der Waals surface area contributed by atoms with Gasteiger partial charge >= 0.3 is 0 Å². The molecule has 0 radical (unpaired) electrons. The molecule has 2 aliphatic rings. The van der Waals surface area contributed by atoms with Crippen LogP contribution in [-0.2, 0) is 4.79 Å². The molecule has 16 heavy (non-hydrogen) atoms. The highest BCUT2D eigenvalue weighted by Crippen LogP contribution is 2.48. The number of carbonyl (C=O) groups excluding carboxylic acids is 1. The van der Waals surface area contributed by atoms with Gasteiger partial charge in [-0.1, -0.05) is 26.1 Å². The Morgan fingerprint density at radius 1 is 1.38 bits per heavy atom. The van der Waals surface area contributed by atoms with E-state index >= 15 is 0 Å². The Bertz CT molecular complexity index is 325. The van der Waals surface area contributed by atoms with Gasteiger partial charge in [0.15, 0.2) is 0 Å². The second kappa shape index (κ2) is 3.99. The summed E-state index contributed by atoms with van der Waals surface area (Å²) in [6.07, 6.45) is 2.80. The fourth-order valence-electron chi connectivity index (χ4n) is 2.44. The molecule has 1 aliphatic heterocycles. The summed E-state index contributed by atoms with van der Waals surface area (Å²) in [5, 5.41) is 0. The highest BCUT2D eigenvalue weighted by Gasteiger charge is 2.54. The lowest BCUT2D eigenvalue weighted by atomic mass is 9.88. The first kappa shape index (κ1) is 11.8. The minimum atomic E-state index is -0.463. The van der Waals surface area contributed by atoms with E-state index in [-0.39, 0.29) is 5.91 Å². The molecule has 1 saturated heterocycles. The number of likely N-dealkylation sites (tertiary alicyclic amines) is 1. The molecule has 0 aromatic rings. The van der Waals surface area contributed by atoms with E-state index in [9.17, 15) is 4.79 Å². The Kier molecular flexibility index (Phi) is 2.95. The van der Waals surface area contributed by atoms with Crippen molar-refractivity contribution in [2.75, 3.05) is 13.1 Å². The molecule has 1 aliphatic carbocycles. The van der Waals surface area contributed by atoms with Crippen LogP contribution in [0.5, 0.6) is 0 Å². The van der Waals surface area contributed by atoms with Crippen LogP contribution in [-0.4, -0.2) is 28.9 Å². The van der Waals surface area contributed by atoms with Gasteiger partial charge in [-0.25, -0.2) is 0 Å². The fourth-order valence-corrected chi connectivity index (χ4v) is 2.73. The van der Waals surface area contributed by atoms with E-state index in [1.54, 1.807) is 0 Å². The van der Waals surface area contributed by atoms with Crippen LogP contribution in [0.25, 0.3) is 0 Å². The number of nitrogens with two attached hydrogens (primary N) is 1. The zero-order chi connectivity index (χ0) is 11.9. The van der Waals surface area contributed by atoms with Crippen LogP contribution in [0.4, 0.5) is 0 Å². The monoisotopic (exact) mass is 240 g/mol. The van der Waals surface area contributed by atoms with Crippen molar-refractivity contribution in [2.45, 2.75) is 33.1 Å². The van der Waals surface area contributed by atoms with E-state index in [1.165, 1.54) is 0 Å². The van der Waals surface area contributed by atoms with E-state index in [0.717, 1.165) is 32.4 Å². The summed E-state index contributed by atoms with van der Waals surface area (Å²) in [6, 6.07) is 0. The van der Waals surface area contributed by atoms with Crippen LogP contribution < -0.4 is 5.73 Å².